The van der Waals surface area contributed by atoms with Gasteiger partial charge in [-0.05, 0) is 14.0 Å². The Labute approximate surface area is 95.3 Å². The molecule has 0 aliphatic carbocycles. The molecule has 6 nitrogen and oxygen atoms in total. The third-order valence-electron chi connectivity index (χ3n) is 3.03. The molecule has 1 aromatic rings. The third-order valence-corrected chi connectivity index (χ3v) is 3.03. The van der Waals surface area contributed by atoms with Gasteiger partial charge in [0.05, 0.1) is 0 Å². The monoisotopic (exact) mass is 222 g/mol. The Hall–Kier alpha value is -1.56. The van der Waals surface area contributed by atoms with Crippen molar-refractivity contribution in [2.75, 3.05) is 43.0 Å². The molecule has 0 amide bonds. The van der Waals surface area contributed by atoms with Crippen LogP contribution in [0.2, 0.25) is 0 Å². The van der Waals surface area contributed by atoms with Crippen LogP contribution in [0.5, 0.6) is 0 Å². The second kappa shape index (κ2) is 4.13. The maximum absolute atomic E-state index is 5.66. The molecule has 88 valence electrons. The first-order valence-electron chi connectivity index (χ1n) is 5.41. The molecule has 0 bridgehead atoms. The number of nitrogens with zero attached hydrogens (tertiary/aromatic N) is 4. The minimum absolute atomic E-state index is 0.238. The maximum atomic E-state index is 5.66. The molecule has 2 heterocycles. The number of aromatic nitrogens is 2. The number of likely N-dealkylation sites (N-methyl/N-ethyl adjacent to an activating group) is 1. The fourth-order valence-electron chi connectivity index (χ4n) is 1.89. The molecule has 4 N–H and O–H groups in total. The van der Waals surface area contributed by atoms with Crippen LogP contribution >= 0.6 is 0 Å². The number of nitrogen functional groups attached to an aromatic ring is 2. The fraction of sp³-hybridized carbons (Fsp3) is 0.600. The molecule has 1 fully saturated rings. The molecule has 1 aliphatic rings. The van der Waals surface area contributed by atoms with Crippen molar-refractivity contribution in [2.24, 2.45) is 0 Å². The summed E-state index contributed by atoms with van der Waals surface area (Å²) in [5.74, 6) is 1.49. The molecule has 1 unspecified atom stereocenters. The summed E-state index contributed by atoms with van der Waals surface area (Å²) in [6.45, 7) is 5.09. The summed E-state index contributed by atoms with van der Waals surface area (Å²) in [7, 11) is 2.13. The standard InChI is InChI=1S/C10H18N6/c1-7-6-16(4-3-15(7)2)9-5-8(11)13-10(12)14-9/h5,7H,3-4,6H2,1-2H3,(H4,11,12,13,14). The van der Waals surface area contributed by atoms with Gasteiger partial charge in [0.1, 0.15) is 11.6 Å². The Morgan fingerprint density at radius 3 is 2.69 bits per heavy atom. The lowest BCUT2D eigenvalue weighted by molar-refractivity contribution is 0.233. The van der Waals surface area contributed by atoms with E-state index in [4.69, 9.17) is 11.5 Å². The van der Waals surface area contributed by atoms with E-state index in [9.17, 15) is 0 Å². The van der Waals surface area contributed by atoms with E-state index in [1.165, 1.54) is 0 Å². The first-order chi connectivity index (χ1) is 7.56. The van der Waals surface area contributed by atoms with Gasteiger partial charge >= 0.3 is 0 Å². The van der Waals surface area contributed by atoms with Gasteiger partial charge in [-0.1, -0.05) is 0 Å². The van der Waals surface area contributed by atoms with Crippen LogP contribution in [-0.4, -0.2) is 47.6 Å². The predicted octanol–water partition coefficient (Wildman–Crippen LogP) is -0.219. The average molecular weight is 222 g/mol. The molecular formula is C10H18N6. The first-order valence-corrected chi connectivity index (χ1v) is 5.41. The van der Waals surface area contributed by atoms with E-state index < -0.39 is 0 Å². The zero-order valence-electron chi connectivity index (χ0n) is 9.72. The smallest absolute Gasteiger partial charge is 0.223 e. The lowest BCUT2D eigenvalue weighted by atomic mass is 10.2. The van der Waals surface area contributed by atoms with Crippen molar-refractivity contribution in [1.82, 2.24) is 14.9 Å². The van der Waals surface area contributed by atoms with Gasteiger partial charge in [-0.2, -0.15) is 9.97 Å². The van der Waals surface area contributed by atoms with Gasteiger partial charge in [0.25, 0.3) is 0 Å². The number of piperazine rings is 1. The minimum atomic E-state index is 0.238. The Balaban J connectivity index is 2.18. The zero-order chi connectivity index (χ0) is 11.7. The van der Waals surface area contributed by atoms with E-state index in [1.54, 1.807) is 6.07 Å². The molecule has 0 aromatic carbocycles. The molecule has 1 aromatic heterocycles. The molecular weight excluding hydrogens is 204 g/mol. The number of hydrogen-bond acceptors (Lipinski definition) is 6. The summed E-state index contributed by atoms with van der Waals surface area (Å²) in [6.07, 6.45) is 0. The number of anilines is 3. The Bertz CT molecular complexity index is 359. The summed E-state index contributed by atoms with van der Waals surface area (Å²) in [6, 6.07) is 2.28. The lowest BCUT2D eigenvalue weighted by Gasteiger charge is -2.38. The Morgan fingerprint density at radius 2 is 2.06 bits per heavy atom. The Kier molecular flexibility index (Phi) is 2.82. The van der Waals surface area contributed by atoms with Gasteiger partial charge in [-0.25, -0.2) is 0 Å². The fourth-order valence-corrected chi connectivity index (χ4v) is 1.89. The number of rotatable bonds is 1. The van der Waals surface area contributed by atoms with E-state index in [1.807, 2.05) is 0 Å². The summed E-state index contributed by atoms with van der Waals surface area (Å²) in [5.41, 5.74) is 11.2. The zero-order valence-corrected chi connectivity index (χ0v) is 9.72. The quantitative estimate of drug-likeness (QED) is 0.683. The molecule has 0 saturated carbocycles. The molecule has 0 radical (unpaired) electrons. The highest BCUT2D eigenvalue weighted by Crippen LogP contribution is 2.18. The van der Waals surface area contributed by atoms with Gasteiger partial charge in [0.15, 0.2) is 0 Å². The maximum Gasteiger partial charge on any atom is 0.223 e. The van der Waals surface area contributed by atoms with Crippen LogP contribution < -0.4 is 16.4 Å². The van der Waals surface area contributed by atoms with Crippen LogP contribution in [0, 0.1) is 0 Å². The molecule has 1 atom stereocenters. The number of hydrogen-bond donors (Lipinski definition) is 2. The van der Waals surface area contributed by atoms with Gasteiger partial charge in [-0.15, -0.1) is 0 Å². The van der Waals surface area contributed by atoms with E-state index in [2.05, 4.69) is 33.7 Å². The molecule has 2 rings (SSSR count). The highest BCUT2D eigenvalue weighted by Gasteiger charge is 2.21. The van der Waals surface area contributed by atoms with Crippen molar-refractivity contribution in [3.05, 3.63) is 6.07 Å². The second-order valence-electron chi connectivity index (χ2n) is 4.28. The van der Waals surface area contributed by atoms with Crippen molar-refractivity contribution < 1.29 is 0 Å². The molecule has 0 spiro atoms. The molecule has 16 heavy (non-hydrogen) atoms. The van der Waals surface area contributed by atoms with Gasteiger partial charge in [0.2, 0.25) is 5.95 Å². The van der Waals surface area contributed by atoms with Crippen molar-refractivity contribution in [1.29, 1.82) is 0 Å². The predicted molar refractivity (Wildman–Crippen MR) is 65.2 cm³/mol. The first kappa shape index (κ1) is 10.9. The molecule has 1 saturated heterocycles. The van der Waals surface area contributed by atoms with Gasteiger partial charge in [-0.3, -0.25) is 0 Å². The van der Waals surface area contributed by atoms with Crippen LogP contribution in [0.25, 0.3) is 0 Å². The van der Waals surface area contributed by atoms with Gasteiger partial charge < -0.3 is 21.3 Å². The van der Waals surface area contributed by atoms with Crippen molar-refractivity contribution in [2.45, 2.75) is 13.0 Å². The normalized spacial score (nSPS) is 22.4. The molecule has 1 aliphatic heterocycles. The number of nitrogens with two attached hydrogens (primary N) is 2. The second-order valence-corrected chi connectivity index (χ2v) is 4.28. The Morgan fingerprint density at radius 1 is 1.31 bits per heavy atom. The lowest BCUT2D eigenvalue weighted by Crippen LogP contribution is -2.50. The van der Waals surface area contributed by atoms with E-state index in [0.29, 0.717) is 11.9 Å². The summed E-state index contributed by atoms with van der Waals surface area (Å²) in [5, 5.41) is 0. The van der Waals surface area contributed by atoms with Crippen LogP contribution in [0.1, 0.15) is 6.92 Å². The van der Waals surface area contributed by atoms with Crippen molar-refractivity contribution in [3.8, 4) is 0 Å². The van der Waals surface area contributed by atoms with Crippen LogP contribution in [-0.2, 0) is 0 Å². The van der Waals surface area contributed by atoms with Crippen LogP contribution in [0.4, 0.5) is 17.6 Å². The van der Waals surface area contributed by atoms with Crippen LogP contribution in [0.15, 0.2) is 6.07 Å². The highest BCUT2D eigenvalue weighted by molar-refractivity contribution is 5.50. The van der Waals surface area contributed by atoms with E-state index >= 15 is 0 Å². The van der Waals surface area contributed by atoms with E-state index in [-0.39, 0.29) is 5.95 Å². The molecule has 6 heteroatoms. The average Bonchev–Trinajstić information content (AvgIpc) is 2.20. The van der Waals surface area contributed by atoms with Crippen molar-refractivity contribution >= 4 is 17.6 Å². The third kappa shape index (κ3) is 2.16. The van der Waals surface area contributed by atoms with Gasteiger partial charge in [0, 0.05) is 31.7 Å². The summed E-state index contributed by atoms with van der Waals surface area (Å²) >= 11 is 0. The SMILES string of the molecule is CC1CN(c2cc(N)nc(N)n2)CCN1C. The van der Waals surface area contributed by atoms with E-state index in [0.717, 1.165) is 25.5 Å². The topological polar surface area (TPSA) is 84.3 Å². The highest BCUT2D eigenvalue weighted by atomic mass is 15.3. The van der Waals surface area contributed by atoms with Crippen LogP contribution in [0.3, 0.4) is 0 Å². The minimum Gasteiger partial charge on any atom is -0.383 e. The summed E-state index contributed by atoms with van der Waals surface area (Å²) < 4.78 is 0. The largest absolute Gasteiger partial charge is 0.383 e. The summed E-state index contributed by atoms with van der Waals surface area (Å²) in [4.78, 5) is 12.6. The van der Waals surface area contributed by atoms with Crippen molar-refractivity contribution in [3.63, 3.8) is 0 Å².